The number of methoxy groups -OCH3 is 2. The zero-order chi connectivity index (χ0) is 21.2. The van der Waals surface area contributed by atoms with E-state index in [0.717, 1.165) is 17.1 Å². The molecule has 1 N–H and O–H groups in total. The summed E-state index contributed by atoms with van der Waals surface area (Å²) in [5.74, 6) is 1.37. The predicted molar refractivity (Wildman–Crippen MR) is 115 cm³/mol. The fourth-order valence-corrected chi connectivity index (χ4v) is 5.29. The Hall–Kier alpha value is -2.10. The molecule has 0 saturated heterocycles. The molecule has 156 valence electrons. The van der Waals surface area contributed by atoms with Crippen molar-refractivity contribution in [3.8, 4) is 11.5 Å². The van der Waals surface area contributed by atoms with E-state index in [2.05, 4.69) is 4.72 Å². The molecule has 0 spiro atoms. The highest BCUT2D eigenvalue weighted by Gasteiger charge is 2.24. The van der Waals surface area contributed by atoms with Gasteiger partial charge in [-0.15, -0.1) is 11.8 Å². The molecule has 29 heavy (non-hydrogen) atoms. The van der Waals surface area contributed by atoms with Crippen molar-refractivity contribution in [1.82, 2.24) is 0 Å². The summed E-state index contributed by atoms with van der Waals surface area (Å²) < 4.78 is 39.0. The van der Waals surface area contributed by atoms with Crippen molar-refractivity contribution in [2.75, 3.05) is 36.1 Å². The van der Waals surface area contributed by atoms with E-state index < -0.39 is 10.0 Å². The van der Waals surface area contributed by atoms with Gasteiger partial charge in [0.15, 0.2) is 0 Å². The number of fused-ring (bicyclic) bond motifs is 1. The van der Waals surface area contributed by atoms with Crippen molar-refractivity contribution < 1.29 is 22.7 Å². The van der Waals surface area contributed by atoms with E-state index in [9.17, 15) is 13.2 Å². The lowest BCUT2D eigenvalue weighted by atomic mass is 10.2. The third-order valence-electron chi connectivity index (χ3n) is 4.41. The molecule has 0 unspecified atom stereocenters. The number of rotatable bonds is 5. The number of hydrogen-bond acceptors (Lipinski definition) is 6. The van der Waals surface area contributed by atoms with Crippen LogP contribution in [0.3, 0.4) is 0 Å². The van der Waals surface area contributed by atoms with E-state index in [0.29, 0.717) is 18.0 Å². The second-order valence-corrected chi connectivity index (χ2v) is 9.52. The number of halogens is 1. The molecule has 0 radical (unpaired) electrons. The summed E-state index contributed by atoms with van der Waals surface area (Å²) >= 11 is 7.74. The van der Waals surface area contributed by atoms with E-state index in [1.54, 1.807) is 22.7 Å². The lowest BCUT2D eigenvalue weighted by Gasteiger charge is -2.21. The van der Waals surface area contributed by atoms with Crippen LogP contribution in [0.15, 0.2) is 40.1 Å². The Morgan fingerprint density at radius 1 is 1.17 bits per heavy atom. The van der Waals surface area contributed by atoms with Gasteiger partial charge >= 0.3 is 0 Å². The quantitative estimate of drug-likeness (QED) is 0.731. The second kappa shape index (κ2) is 8.73. The third-order valence-corrected chi connectivity index (χ3v) is 7.22. The maximum atomic E-state index is 13.0. The van der Waals surface area contributed by atoms with Gasteiger partial charge in [0.25, 0.3) is 10.0 Å². The third kappa shape index (κ3) is 4.57. The first-order valence-corrected chi connectivity index (χ1v) is 11.6. The zero-order valence-corrected chi connectivity index (χ0v) is 18.6. The normalized spacial score (nSPS) is 14.0. The molecule has 2 aromatic rings. The molecule has 1 amide bonds. The molecule has 1 aliphatic heterocycles. The summed E-state index contributed by atoms with van der Waals surface area (Å²) in [5, 5.41) is 0.243. The van der Waals surface area contributed by atoms with E-state index in [4.69, 9.17) is 21.1 Å². The lowest BCUT2D eigenvalue weighted by Crippen LogP contribution is -2.29. The minimum absolute atomic E-state index is 0.0407. The number of hydrogen-bond donors (Lipinski definition) is 1. The average Bonchev–Trinajstić information content (AvgIpc) is 2.90. The number of benzene rings is 2. The Morgan fingerprint density at radius 2 is 1.90 bits per heavy atom. The van der Waals surface area contributed by atoms with E-state index in [-0.39, 0.29) is 27.3 Å². The van der Waals surface area contributed by atoms with Gasteiger partial charge in [0.05, 0.1) is 35.5 Å². The Labute approximate surface area is 179 Å². The summed E-state index contributed by atoms with van der Waals surface area (Å²) in [5.41, 5.74) is 0.786. The van der Waals surface area contributed by atoms with E-state index in [1.807, 2.05) is 0 Å². The van der Waals surface area contributed by atoms with Crippen molar-refractivity contribution in [1.29, 1.82) is 0 Å². The fourth-order valence-electron chi connectivity index (χ4n) is 2.99. The SMILES string of the molecule is COc1cc(OC)c(NS(=O)(=O)c2ccc3c(c2)N(C(C)=O)CCCS3)cc1Cl. The molecule has 0 aromatic heterocycles. The summed E-state index contributed by atoms with van der Waals surface area (Å²) in [6.45, 7) is 2.03. The Morgan fingerprint density at radius 3 is 2.55 bits per heavy atom. The van der Waals surface area contributed by atoms with Crippen molar-refractivity contribution in [2.45, 2.75) is 23.1 Å². The predicted octanol–water partition coefficient (Wildman–Crippen LogP) is 4.01. The first kappa shape index (κ1) is 21.6. The number of thioether (sulfide) groups is 1. The maximum Gasteiger partial charge on any atom is 0.262 e. The molecule has 0 saturated carbocycles. The lowest BCUT2D eigenvalue weighted by molar-refractivity contribution is -0.116. The van der Waals surface area contributed by atoms with Gasteiger partial charge in [0.2, 0.25) is 5.91 Å². The van der Waals surface area contributed by atoms with Gasteiger partial charge < -0.3 is 14.4 Å². The first-order valence-electron chi connectivity index (χ1n) is 8.76. The smallest absolute Gasteiger partial charge is 0.262 e. The molecule has 0 atom stereocenters. The number of sulfonamides is 1. The highest BCUT2D eigenvalue weighted by atomic mass is 35.5. The van der Waals surface area contributed by atoms with Gasteiger partial charge in [0, 0.05) is 24.4 Å². The second-order valence-electron chi connectivity index (χ2n) is 6.29. The van der Waals surface area contributed by atoms with Crippen molar-refractivity contribution in [2.24, 2.45) is 0 Å². The summed E-state index contributed by atoms with van der Waals surface area (Å²) in [4.78, 5) is 14.6. The molecule has 1 heterocycles. The van der Waals surface area contributed by atoms with Crippen molar-refractivity contribution in [3.63, 3.8) is 0 Å². The van der Waals surface area contributed by atoms with Gasteiger partial charge in [-0.3, -0.25) is 9.52 Å². The Kier molecular flexibility index (Phi) is 6.50. The molecule has 10 heteroatoms. The standard InChI is InChI=1S/C19H21ClN2O5S2/c1-12(23)22-7-4-8-28-19-6-5-13(9-16(19)22)29(24,25)21-15-10-14(20)17(26-2)11-18(15)27-3/h5-6,9-11,21H,4,7-8H2,1-3H3. The van der Waals surface area contributed by atoms with Crippen LogP contribution in [0.25, 0.3) is 0 Å². The monoisotopic (exact) mass is 456 g/mol. The Balaban J connectivity index is 2.01. The van der Waals surface area contributed by atoms with Gasteiger partial charge in [-0.1, -0.05) is 11.6 Å². The number of amides is 1. The van der Waals surface area contributed by atoms with Gasteiger partial charge in [-0.2, -0.15) is 0 Å². The minimum atomic E-state index is -3.95. The highest BCUT2D eigenvalue weighted by Crippen LogP contribution is 2.39. The summed E-state index contributed by atoms with van der Waals surface area (Å²) in [6.07, 6.45) is 0.834. The molecular weight excluding hydrogens is 436 g/mol. The van der Waals surface area contributed by atoms with Gasteiger partial charge in [-0.05, 0) is 36.4 Å². The highest BCUT2D eigenvalue weighted by molar-refractivity contribution is 7.99. The topological polar surface area (TPSA) is 84.9 Å². The number of carbonyl (C=O) groups excluding carboxylic acids is 1. The minimum Gasteiger partial charge on any atom is -0.495 e. The first-order chi connectivity index (χ1) is 13.8. The molecule has 0 fully saturated rings. The van der Waals surface area contributed by atoms with Crippen LogP contribution in [0.5, 0.6) is 11.5 Å². The summed E-state index contributed by atoms with van der Waals surface area (Å²) in [7, 11) is -1.07. The largest absolute Gasteiger partial charge is 0.495 e. The molecule has 7 nitrogen and oxygen atoms in total. The zero-order valence-electron chi connectivity index (χ0n) is 16.2. The van der Waals surface area contributed by atoms with Crippen LogP contribution in [0.1, 0.15) is 13.3 Å². The Bertz CT molecular complexity index is 1040. The van der Waals surface area contributed by atoms with E-state index >= 15 is 0 Å². The van der Waals surface area contributed by atoms with E-state index in [1.165, 1.54) is 45.4 Å². The van der Waals surface area contributed by atoms with Crippen molar-refractivity contribution >= 4 is 50.7 Å². The molecule has 0 aliphatic carbocycles. The molecule has 3 rings (SSSR count). The van der Waals surface area contributed by atoms with Crippen LogP contribution >= 0.6 is 23.4 Å². The number of nitrogens with one attached hydrogen (secondary N) is 1. The van der Waals surface area contributed by atoms with Gasteiger partial charge in [-0.25, -0.2) is 8.42 Å². The van der Waals surface area contributed by atoms with Crippen LogP contribution in [-0.4, -0.2) is 40.8 Å². The number of carbonyl (C=O) groups is 1. The van der Waals surface area contributed by atoms with Gasteiger partial charge in [0.1, 0.15) is 11.5 Å². The molecule has 2 aromatic carbocycles. The molecule has 0 bridgehead atoms. The fraction of sp³-hybridized carbons (Fsp3) is 0.316. The van der Waals surface area contributed by atoms with Crippen LogP contribution in [0.2, 0.25) is 5.02 Å². The van der Waals surface area contributed by atoms with Crippen LogP contribution in [-0.2, 0) is 14.8 Å². The maximum absolute atomic E-state index is 13.0. The average molecular weight is 457 g/mol. The number of ether oxygens (including phenoxy) is 2. The molecular formula is C19H21ClN2O5S2. The van der Waals surface area contributed by atoms with Crippen LogP contribution in [0, 0.1) is 0 Å². The number of anilines is 2. The van der Waals surface area contributed by atoms with Crippen LogP contribution in [0.4, 0.5) is 11.4 Å². The molecule has 1 aliphatic rings. The summed E-state index contributed by atoms with van der Waals surface area (Å²) in [6, 6.07) is 7.71. The van der Waals surface area contributed by atoms with Crippen LogP contribution < -0.4 is 19.1 Å². The van der Waals surface area contributed by atoms with Crippen molar-refractivity contribution in [3.05, 3.63) is 35.4 Å². The number of nitrogens with zero attached hydrogens (tertiary/aromatic N) is 1.